The lowest BCUT2D eigenvalue weighted by Crippen LogP contribution is -2.34. The topological polar surface area (TPSA) is 44.4 Å². The molecule has 16 heavy (non-hydrogen) atoms. The number of amides is 1. The molecule has 1 unspecified atom stereocenters. The first-order valence-electron chi connectivity index (χ1n) is 6.54. The van der Waals surface area contributed by atoms with Crippen molar-refractivity contribution in [2.24, 2.45) is 5.92 Å². The second-order valence-corrected chi connectivity index (χ2v) is 4.96. The zero-order valence-corrected chi connectivity index (χ0v) is 10.0. The molecule has 1 amide bonds. The predicted molar refractivity (Wildman–Crippen MR) is 64.3 cm³/mol. The summed E-state index contributed by atoms with van der Waals surface area (Å²) in [4.78, 5) is 14.0. The molecule has 92 valence electrons. The van der Waals surface area contributed by atoms with Crippen molar-refractivity contribution in [3.05, 3.63) is 0 Å². The summed E-state index contributed by atoms with van der Waals surface area (Å²) in [6.45, 7) is 6.35. The molecule has 2 aliphatic heterocycles. The molecule has 2 saturated heterocycles. The van der Waals surface area contributed by atoms with Gasteiger partial charge in [-0.2, -0.15) is 0 Å². The number of likely N-dealkylation sites (tertiary alicyclic amines) is 1. The van der Waals surface area contributed by atoms with Crippen molar-refractivity contribution in [1.29, 1.82) is 0 Å². The smallest absolute Gasteiger partial charge is 0.220 e. The lowest BCUT2D eigenvalue weighted by Gasteiger charge is -2.15. The molecule has 2 heterocycles. The van der Waals surface area contributed by atoms with Gasteiger partial charge in [-0.15, -0.1) is 0 Å². The van der Waals surface area contributed by atoms with Crippen molar-refractivity contribution >= 4 is 5.91 Å². The van der Waals surface area contributed by atoms with Crippen LogP contribution in [0.2, 0.25) is 0 Å². The summed E-state index contributed by atoms with van der Waals surface area (Å²) in [5, 5.41) is 6.32. The third-order valence-corrected chi connectivity index (χ3v) is 3.59. The zero-order chi connectivity index (χ0) is 11.2. The highest BCUT2D eigenvalue weighted by Crippen LogP contribution is 2.11. The van der Waals surface area contributed by atoms with E-state index in [1.54, 1.807) is 0 Å². The quantitative estimate of drug-likeness (QED) is 0.702. The fourth-order valence-corrected chi connectivity index (χ4v) is 2.58. The van der Waals surface area contributed by atoms with Crippen LogP contribution in [-0.2, 0) is 4.79 Å². The summed E-state index contributed by atoms with van der Waals surface area (Å²) < 4.78 is 0. The van der Waals surface area contributed by atoms with Crippen molar-refractivity contribution in [2.45, 2.75) is 25.7 Å². The van der Waals surface area contributed by atoms with Crippen LogP contribution in [0.1, 0.15) is 25.7 Å². The van der Waals surface area contributed by atoms with E-state index in [0.29, 0.717) is 12.3 Å². The molecule has 2 fully saturated rings. The molecule has 0 saturated carbocycles. The molecule has 0 aromatic heterocycles. The maximum atomic E-state index is 11.6. The van der Waals surface area contributed by atoms with Crippen molar-refractivity contribution in [2.75, 3.05) is 39.3 Å². The third-order valence-electron chi connectivity index (χ3n) is 3.59. The standard InChI is InChI=1S/C12H23N3O/c16-12(9-11-3-4-13-10-11)14-5-8-15-6-1-2-7-15/h11,13H,1-10H2,(H,14,16). The molecule has 1 atom stereocenters. The van der Waals surface area contributed by atoms with Crippen LogP contribution in [0.25, 0.3) is 0 Å². The van der Waals surface area contributed by atoms with E-state index in [9.17, 15) is 4.79 Å². The fraction of sp³-hybridized carbons (Fsp3) is 0.917. The Balaban J connectivity index is 1.52. The van der Waals surface area contributed by atoms with Gasteiger partial charge in [0.1, 0.15) is 0 Å². The molecule has 2 N–H and O–H groups in total. The lowest BCUT2D eigenvalue weighted by atomic mass is 10.0. The number of hydrogen-bond acceptors (Lipinski definition) is 3. The molecule has 0 aromatic rings. The highest BCUT2D eigenvalue weighted by atomic mass is 16.1. The van der Waals surface area contributed by atoms with Gasteiger partial charge in [-0.25, -0.2) is 0 Å². The van der Waals surface area contributed by atoms with Crippen LogP contribution in [0.5, 0.6) is 0 Å². The molecule has 4 heteroatoms. The fourth-order valence-electron chi connectivity index (χ4n) is 2.58. The largest absolute Gasteiger partial charge is 0.355 e. The van der Waals surface area contributed by atoms with Gasteiger partial charge in [-0.1, -0.05) is 0 Å². The normalized spacial score (nSPS) is 26.1. The number of hydrogen-bond donors (Lipinski definition) is 2. The van der Waals surface area contributed by atoms with Crippen LogP contribution in [0.4, 0.5) is 0 Å². The van der Waals surface area contributed by atoms with Gasteiger partial charge in [-0.3, -0.25) is 4.79 Å². The summed E-state index contributed by atoms with van der Waals surface area (Å²) >= 11 is 0. The van der Waals surface area contributed by atoms with Crippen LogP contribution >= 0.6 is 0 Å². The SMILES string of the molecule is O=C(CC1CCNC1)NCCN1CCCC1. The van der Waals surface area contributed by atoms with Gasteiger partial charge in [0, 0.05) is 19.5 Å². The van der Waals surface area contributed by atoms with E-state index in [0.717, 1.165) is 32.6 Å². The second kappa shape index (κ2) is 6.21. The minimum Gasteiger partial charge on any atom is -0.355 e. The molecular formula is C12H23N3O. The molecule has 4 nitrogen and oxygen atoms in total. The Labute approximate surface area is 97.8 Å². The summed E-state index contributed by atoms with van der Waals surface area (Å²) in [6, 6.07) is 0. The minimum absolute atomic E-state index is 0.230. The summed E-state index contributed by atoms with van der Waals surface area (Å²) in [6.07, 6.45) is 4.50. The zero-order valence-electron chi connectivity index (χ0n) is 10.0. The van der Waals surface area contributed by atoms with Crippen molar-refractivity contribution in [1.82, 2.24) is 15.5 Å². The lowest BCUT2D eigenvalue weighted by molar-refractivity contribution is -0.121. The van der Waals surface area contributed by atoms with Crippen LogP contribution in [0, 0.1) is 5.92 Å². The Bertz CT molecular complexity index is 220. The minimum atomic E-state index is 0.230. The van der Waals surface area contributed by atoms with Gasteiger partial charge in [0.25, 0.3) is 0 Å². The van der Waals surface area contributed by atoms with E-state index >= 15 is 0 Å². The number of carbonyl (C=O) groups excluding carboxylic acids is 1. The monoisotopic (exact) mass is 225 g/mol. The van der Waals surface area contributed by atoms with E-state index in [1.807, 2.05) is 0 Å². The van der Waals surface area contributed by atoms with E-state index < -0.39 is 0 Å². The maximum Gasteiger partial charge on any atom is 0.220 e. The molecule has 2 rings (SSSR count). The van der Waals surface area contributed by atoms with E-state index in [2.05, 4.69) is 15.5 Å². The molecular weight excluding hydrogens is 202 g/mol. The Morgan fingerprint density at radius 1 is 1.38 bits per heavy atom. The van der Waals surface area contributed by atoms with E-state index in [4.69, 9.17) is 0 Å². The molecule has 0 spiro atoms. The number of nitrogens with zero attached hydrogens (tertiary/aromatic N) is 1. The molecule has 0 aromatic carbocycles. The molecule has 2 aliphatic rings. The molecule has 0 bridgehead atoms. The van der Waals surface area contributed by atoms with Crippen LogP contribution in [0.3, 0.4) is 0 Å². The average Bonchev–Trinajstić information content (AvgIpc) is 2.90. The summed E-state index contributed by atoms with van der Waals surface area (Å²) in [5.74, 6) is 0.791. The van der Waals surface area contributed by atoms with Gasteiger partial charge in [0.15, 0.2) is 0 Å². The van der Waals surface area contributed by atoms with E-state index in [-0.39, 0.29) is 5.91 Å². The summed E-state index contributed by atoms with van der Waals surface area (Å²) in [7, 11) is 0. The first-order valence-corrected chi connectivity index (χ1v) is 6.54. The van der Waals surface area contributed by atoms with E-state index in [1.165, 1.54) is 25.9 Å². The number of carbonyl (C=O) groups is 1. The Morgan fingerprint density at radius 2 is 2.19 bits per heavy atom. The van der Waals surface area contributed by atoms with Crippen LogP contribution < -0.4 is 10.6 Å². The summed E-state index contributed by atoms with van der Waals surface area (Å²) in [5.41, 5.74) is 0. The van der Waals surface area contributed by atoms with Gasteiger partial charge in [0.2, 0.25) is 5.91 Å². The Hall–Kier alpha value is -0.610. The highest BCUT2D eigenvalue weighted by molar-refractivity contribution is 5.76. The van der Waals surface area contributed by atoms with Crippen molar-refractivity contribution in [3.63, 3.8) is 0 Å². The maximum absolute atomic E-state index is 11.6. The molecule has 0 radical (unpaired) electrons. The molecule has 0 aliphatic carbocycles. The van der Waals surface area contributed by atoms with Crippen LogP contribution in [-0.4, -0.2) is 50.1 Å². The number of rotatable bonds is 5. The third kappa shape index (κ3) is 3.76. The average molecular weight is 225 g/mol. The van der Waals surface area contributed by atoms with Gasteiger partial charge in [0.05, 0.1) is 0 Å². The van der Waals surface area contributed by atoms with Crippen molar-refractivity contribution in [3.8, 4) is 0 Å². The van der Waals surface area contributed by atoms with Gasteiger partial charge < -0.3 is 15.5 Å². The van der Waals surface area contributed by atoms with Gasteiger partial charge >= 0.3 is 0 Å². The Morgan fingerprint density at radius 3 is 2.88 bits per heavy atom. The predicted octanol–water partition coefficient (Wildman–Crippen LogP) is 0.198. The van der Waals surface area contributed by atoms with Crippen LogP contribution in [0.15, 0.2) is 0 Å². The highest BCUT2D eigenvalue weighted by Gasteiger charge is 2.18. The number of nitrogens with one attached hydrogen (secondary N) is 2. The first-order chi connectivity index (χ1) is 7.84. The van der Waals surface area contributed by atoms with Gasteiger partial charge in [-0.05, 0) is 51.4 Å². The Kier molecular flexibility index (Phi) is 4.60. The second-order valence-electron chi connectivity index (χ2n) is 4.96. The van der Waals surface area contributed by atoms with Crippen molar-refractivity contribution < 1.29 is 4.79 Å². The first kappa shape index (κ1) is 11.9.